The van der Waals surface area contributed by atoms with Gasteiger partial charge in [-0.3, -0.25) is 9.59 Å². The number of nitrogens with one attached hydrogen (secondary N) is 1. The predicted octanol–water partition coefficient (Wildman–Crippen LogP) is 1.69. The Balaban J connectivity index is 1.51. The summed E-state index contributed by atoms with van der Waals surface area (Å²) in [7, 11) is 0. The fourth-order valence-electron chi connectivity index (χ4n) is 3.23. The maximum absolute atomic E-state index is 12.7. The van der Waals surface area contributed by atoms with Crippen LogP contribution in [0.25, 0.3) is 0 Å². The highest BCUT2D eigenvalue weighted by Crippen LogP contribution is 2.28. The Hall–Kier alpha value is -3.07. The molecule has 1 N–H and O–H groups in total. The van der Waals surface area contributed by atoms with Crippen molar-refractivity contribution >= 4 is 11.6 Å². The van der Waals surface area contributed by atoms with Crippen molar-refractivity contribution in [2.24, 2.45) is 5.92 Å². The third-order valence-corrected chi connectivity index (χ3v) is 5.10. The zero-order valence-electron chi connectivity index (χ0n) is 15.4. The van der Waals surface area contributed by atoms with E-state index in [0.717, 1.165) is 18.4 Å². The number of H-pyrrole nitrogens is 1. The molecule has 1 aliphatic heterocycles. The molecule has 1 saturated carbocycles. The minimum absolute atomic E-state index is 0.0471. The predicted molar refractivity (Wildman–Crippen MR) is 103 cm³/mol. The van der Waals surface area contributed by atoms with Crippen molar-refractivity contribution in [3.05, 3.63) is 57.5 Å². The van der Waals surface area contributed by atoms with Crippen LogP contribution < -0.4 is 10.5 Å². The Kier molecular flexibility index (Phi) is 4.68. The summed E-state index contributed by atoms with van der Waals surface area (Å²) in [6.45, 7) is 4.16. The molecule has 1 amide bonds. The van der Waals surface area contributed by atoms with Crippen LogP contribution in [0.2, 0.25) is 0 Å². The van der Waals surface area contributed by atoms with Crippen LogP contribution in [0.3, 0.4) is 0 Å². The van der Waals surface area contributed by atoms with Gasteiger partial charge < -0.3 is 9.80 Å². The molecule has 138 valence electrons. The smallest absolute Gasteiger partial charge is 0.282 e. The third-order valence-electron chi connectivity index (χ3n) is 5.10. The highest BCUT2D eigenvalue weighted by Gasteiger charge is 2.26. The first-order valence-electron chi connectivity index (χ1n) is 9.28. The van der Waals surface area contributed by atoms with Crippen LogP contribution >= 0.6 is 0 Å². The number of aryl methyl sites for hydroxylation is 1. The van der Waals surface area contributed by atoms with Gasteiger partial charge in [-0.15, -0.1) is 0 Å². The number of hydrogen-bond donors (Lipinski definition) is 1. The van der Waals surface area contributed by atoms with Crippen LogP contribution in [0.4, 0.5) is 5.69 Å². The molecule has 1 aromatic carbocycles. The van der Waals surface area contributed by atoms with Crippen LogP contribution in [0.5, 0.6) is 0 Å². The number of aromatic nitrogens is 2. The van der Waals surface area contributed by atoms with E-state index in [9.17, 15) is 9.59 Å². The molecule has 0 spiro atoms. The molecule has 6 nitrogen and oxygen atoms in total. The van der Waals surface area contributed by atoms with Crippen molar-refractivity contribution in [2.45, 2.75) is 26.3 Å². The molecule has 2 heterocycles. The van der Waals surface area contributed by atoms with Crippen LogP contribution in [0.1, 0.15) is 29.5 Å². The van der Waals surface area contributed by atoms with Gasteiger partial charge in [-0.05, 0) is 30.9 Å². The number of aromatic amines is 1. The molecule has 2 aromatic rings. The first-order chi connectivity index (χ1) is 13.1. The molecule has 1 aliphatic carbocycles. The van der Waals surface area contributed by atoms with Gasteiger partial charge in [0.1, 0.15) is 5.56 Å². The molecule has 6 heteroatoms. The summed E-state index contributed by atoms with van der Waals surface area (Å²) in [5, 5.41) is 6.37. The van der Waals surface area contributed by atoms with Gasteiger partial charge in [0, 0.05) is 25.6 Å². The van der Waals surface area contributed by atoms with Gasteiger partial charge in [0.15, 0.2) is 0 Å². The van der Waals surface area contributed by atoms with Gasteiger partial charge >= 0.3 is 0 Å². The van der Waals surface area contributed by atoms with E-state index >= 15 is 0 Å². The second-order valence-corrected chi connectivity index (χ2v) is 7.17. The normalized spacial score (nSPS) is 16.9. The second-order valence-electron chi connectivity index (χ2n) is 7.17. The Morgan fingerprint density at radius 1 is 1.22 bits per heavy atom. The zero-order valence-corrected chi connectivity index (χ0v) is 15.4. The molecule has 0 atom stereocenters. The highest BCUT2D eigenvalue weighted by atomic mass is 16.2. The number of anilines is 1. The van der Waals surface area contributed by atoms with Gasteiger partial charge in [-0.1, -0.05) is 36.1 Å². The summed E-state index contributed by atoms with van der Waals surface area (Å²) < 4.78 is 0. The van der Waals surface area contributed by atoms with Crippen LogP contribution in [0.15, 0.2) is 35.3 Å². The summed E-state index contributed by atoms with van der Waals surface area (Å²) >= 11 is 0. The lowest BCUT2D eigenvalue weighted by Crippen LogP contribution is -2.50. The van der Waals surface area contributed by atoms with Crippen molar-refractivity contribution in [1.82, 2.24) is 15.1 Å². The molecular weight excluding hydrogens is 340 g/mol. The standard InChI is InChI=1S/C21H22N4O2/c1-15-4-2-3-5-17(15)13-25-11-10-24(14-20(25)26)19-12-22-23-21(27)18(19)9-8-16-6-7-16/h2-5,12,16H,6-7,10-11,13-14H2,1H3,(H,23,27). The van der Waals surface area contributed by atoms with Gasteiger partial charge in [0.2, 0.25) is 5.91 Å². The molecule has 27 heavy (non-hydrogen) atoms. The topological polar surface area (TPSA) is 69.3 Å². The number of hydrogen-bond acceptors (Lipinski definition) is 4. The number of rotatable bonds is 3. The quantitative estimate of drug-likeness (QED) is 0.844. The average Bonchev–Trinajstić information content (AvgIpc) is 3.48. The summed E-state index contributed by atoms with van der Waals surface area (Å²) in [5.41, 5.74) is 3.11. The first kappa shape index (κ1) is 17.3. The van der Waals surface area contributed by atoms with E-state index in [-0.39, 0.29) is 18.0 Å². The Morgan fingerprint density at radius 3 is 2.78 bits per heavy atom. The molecule has 0 radical (unpaired) electrons. The SMILES string of the molecule is Cc1ccccc1CN1CCN(c2cn[nH]c(=O)c2C#CC2CC2)CC1=O. The minimum Gasteiger partial charge on any atom is -0.358 e. The minimum atomic E-state index is -0.296. The maximum atomic E-state index is 12.7. The van der Waals surface area contributed by atoms with Gasteiger partial charge in [-0.2, -0.15) is 5.10 Å². The molecule has 4 rings (SSSR count). The average molecular weight is 362 g/mol. The fourth-order valence-corrected chi connectivity index (χ4v) is 3.23. The largest absolute Gasteiger partial charge is 0.358 e. The molecule has 0 bridgehead atoms. The molecular formula is C21H22N4O2. The van der Waals surface area contributed by atoms with Crippen molar-refractivity contribution in [1.29, 1.82) is 0 Å². The Bertz CT molecular complexity index is 981. The number of nitrogens with zero attached hydrogens (tertiary/aromatic N) is 3. The summed E-state index contributed by atoms with van der Waals surface area (Å²) in [5.74, 6) is 6.59. The number of carbonyl (C=O) groups is 1. The van der Waals surface area contributed by atoms with E-state index in [1.807, 2.05) is 21.9 Å². The van der Waals surface area contributed by atoms with Crippen molar-refractivity contribution in [3.63, 3.8) is 0 Å². The molecule has 2 fully saturated rings. The Morgan fingerprint density at radius 2 is 2.04 bits per heavy atom. The summed E-state index contributed by atoms with van der Waals surface area (Å²) in [6.07, 6.45) is 3.80. The number of piperazine rings is 1. The number of benzene rings is 1. The monoisotopic (exact) mass is 362 g/mol. The number of carbonyl (C=O) groups excluding carboxylic acids is 1. The van der Waals surface area contributed by atoms with E-state index in [1.54, 1.807) is 6.20 Å². The fraction of sp³-hybridized carbons (Fsp3) is 0.381. The third kappa shape index (κ3) is 3.87. The zero-order chi connectivity index (χ0) is 18.8. The lowest BCUT2D eigenvalue weighted by atomic mass is 10.1. The Labute approximate surface area is 158 Å². The summed E-state index contributed by atoms with van der Waals surface area (Å²) in [4.78, 5) is 28.7. The van der Waals surface area contributed by atoms with Crippen LogP contribution in [-0.4, -0.2) is 40.6 Å². The molecule has 2 aliphatic rings. The van der Waals surface area contributed by atoms with E-state index < -0.39 is 0 Å². The number of amides is 1. The lowest BCUT2D eigenvalue weighted by molar-refractivity contribution is -0.131. The van der Waals surface area contributed by atoms with Crippen LogP contribution in [0, 0.1) is 24.7 Å². The second kappa shape index (κ2) is 7.28. The molecule has 1 saturated heterocycles. The first-order valence-corrected chi connectivity index (χ1v) is 9.28. The maximum Gasteiger partial charge on any atom is 0.282 e. The van der Waals surface area contributed by atoms with Crippen molar-refractivity contribution < 1.29 is 4.79 Å². The van der Waals surface area contributed by atoms with E-state index in [1.165, 1.54) is 5.56 Å². The van der Waals surface area contributed by atoms with Gasteiger partial charge in [0.25, 0.3) is 5.56 Å². The van der Waals surface area contributed by atoms with E-state index in [0.29, 0.717) is 36.8 Å². The van der Waals surface area contributed by atoms with Crippen molar-refractivity contribution in [3.8, 4) is 11.8 Å². The van der Waals surface area contributed by atoms with E-state index in [2.05, 4.69) is 41.1 Å². The van der Waals surface area contributed by atoms with Gasteiger partial charge in [-0.25, -0.2) is 5.10 Å². The van der Waals surface area contributed by atoms with Crippen LogP contribution in [-0.2, 0) is 11.3 Å². The molecule has 1 aromatic heterocycles. The van der Waals surface area contributed by atoms with E-state index in [4.69, 9.17) is 0 Å². The lowest BCUT2D eigenvalue weighted by Gasteiger charge is -2.36. The molecule has 0 unspecified atom stereocenters. The van der Waals surface area contributed by atoms with Crippen molar-refractivity contribution in [2.75, 3.05) is 24.5 Å². The highest BCUT2D eigenvalue weighted by molar-refractivity contribution is 5.83. The summed E-state index contributed by atoms with van der Waals surface area (Å²) in [6, 6.07) is 8.11. The van der Waals surface area contributed by atoms with Gasteiger partial charge in [0.05, 0.1) is 18.4 Å².